The Labute approximate surface area is 156 Å². The van der Waals surface area contributed by atoms with E-state index in [1.165, 1.54) is 0 Å². The molecule has 4 nitrogen and oxygen atoms in total. The lowest BCUT2D eigenvalue weighted by molar-refractivity contribution is -0.120. The van der Waals surface area contributed by atoms with Gasteiger partial charge in [0.15, 0.2) is 0 Å². The van der Waals surface area contributed by atoms with Crippen LogP contribution in [0, 0.1) is 6.42 Å². The number of allylic oxidation sites excluding steroid dienone is 3. The Hall–Kier alpha value is -2.36. The summed E-state index contributed by atoms with van der Waals surface area (Å²) in [6.45, 7) is 0. The SMILES string of the molecule is O=C(CCCCCCCCC(=O)Nc1ccccc1)NC1=CC[CH]C=C1. The van der Waals surface area contributed by atoms with Gasteiger partial charge in [0, 0.05) is 24.2 Å². The number of anilines is 1. The molecule has 1 aliphatic rings. The monoisotopic (exact) mass is 353 g/mol. The molecule has 0 aliphatic heterocycles. The fraction of sp³-hybridized carbons (Fsp3) is 0.409. The Bertz CT molecular complexity index is 620. The van der Waals surface area contributed by atoms with Gasteiger partial charge >= 0.3 is 0 Å². The molecule has 0 atom stereocenters. The molecule has 139 valence electrons. The summed E-state index contributed by atoms with van der Waals surface area (Å²) < 4.78 is 0. The average Bonchev–Trinajstić information content (AvgIpc) is 2.65. The fourth-order valence-corrected chi connectivity index (χ4v) is 2.85. The number of rotatable bonds is 11. The van der Waals surface area contributed by atoms with Crippen LogP contribution < -0.4 is 10.6 Å². The van der Waals surface area contributed by atoms with Gasteiger partial charge in [0.05, 0.1) is 0 Å². The van der Waals surface area contributed by atoms with Gasteiger partial charge in [0.1, 0.15) is 0 Å². The van der Waals surface area contributed by atoms with Gasteiger partial charge in [-0.25, -0.2) is 0 Å². The minimum absolute atomic E-state index is 0.0801. The van der Waals surface area contributed by atoms with Crippen LogP contribution in [0.2, 0.25) is 0 Å². The molecule has 1 radical (unpaired) electrons. The van der Waals surface area contributed by atoms with Crippen molar-refractivity contribution in [2.24, 2.45) is 0 Å². The first-order valence-corrected chi connectivity index (χ1v) is 9.59. The minimum Gasteiger partial charge on any atom is -0.326 e. The maximum absolute atomic E-state index is 11.8. The van der Waals surface area contributed by atoms with E-state index in [-0.39, 0.29) is 11.8 Å². The topological polar surface area (TPSA) is 58.2 Å². The normalized spacial score (nSPS) is 13.2. The molecular weight excluding hydrogens is 324 g/mol. The first-order chi connectivity index (χ1) is 12.7. The van der Waals surface area contributed by atoms with Gasteiger partial charge < -0.3 is 10.6 Å². The number of hydrogen-bond acceptors (Lipinski definition) is 2. The number of carbonyl (C=O) groups excluding carboxylic acids is 2. The van der Waals surface area contributed by atoms with E-state index in [0.717, 1.165) is 56.3 Å². The number of para-hydroxylation sites is 1. The van der Waals surface area contributed by atoms with Gasteiger partial charge in [0.25, 0.3) is 0 Å². The van der Waals surface area contributed by atoms with E-state index >= 15 is 0 Å². The smallest absolute Gasteiger partial charge is 0.224 e. The zero-order valence-corrected chi connectivity index (χ0v) is 15.4. The van der Waals surface area contributed by atoms with Gasteiger partial charge in [-0.1, -0.05) is 56.0 Å². The number of amides is 2. The van der Waals surface area contributed by atoms with Crippen molar-refractivity contribution >= 4 is 17.5 Å². The molecule has 0 heterocycles. The van der Waals surface area contributed by atoms with Gasteiger partial charge in [-0.15, -0.1) is 0 Å². The molecule has 26 heavy (non-hydrogen) atoms. The Kier molecular flexibility index (Phi) is 9.26. The first-order valence-electron chi connectivity index (χ1n) is 9.59. The molecule has 1 aromatic rings. The standard InChI is InChI=1S/C22H29N2O2/c25-21(23-19-13-7-5-8-14-19)17-11-3-1-2-4-12-18-22(26)24-20-15-9-6-10-16-20/h5-9,13-16H,1-4,10-12,17-18H2,(H,23,25)(H,24,26). The van der Waals surface area contributed by atoms with Gasteiger partial charge in [0.2, 0.25) is 11.8 Å². The Morgan fingerprint density at radius 2 is 1.42 bits per heavy atom. The highest BCUT2D eigenvalue weighted by atomic mass is 16.2. The molecular formula is C22H29N2O2. The Morgan fingerprint density at radius 1 is 0.808 bits per heavy atom. The van der Waals surface area contributed by atoms with Gasteiger partial charge in [-0.3, -0.25) is 9.59 Å². The molecule has 4 heteroatoms. The zero-order valence-electron chi connectivity index (χ0n) is 15.4. The lowest BCUT2D eigenvalue weighted by Gasteiger charge is -2.09. The van der Waals surface area contributed by atoms with E-state index in [1.54, 1.807) is 0 Å². The molecule has 0 unspecified atom stereocenters. The Morgan fingerprint density at radius 3 is 2.04 bits per heavy atom. The highest BCUT2D eigenvalue weighted by Gasteiger charge is 2.05. The van der Waals surface area contributed by atoms with Crippen molar-refractivity contribution < 1.29 is 9.59 Å². The predicted molar refractivity (Wildman–Crippen MR) is 106 cm³/mol. The van der Waals surface area contributed by atoms with E-state index < -0.39 is 0 Å². The van der Waals surface area contributed by atoms with E-state index in [0.29, 0.717) is 12.8 Å². The van der Waals surface area contributed by atoms with Crippen LogP contribution in [0.1, 0.15) is 57.8 Å². The van der Waals surface area contributed by atoms with Crippen molar-refractivity contribution in [3.8, 4) is 0 Å². The molecule has 0 fully saturated rings. The number of benzene rings is 1. The molecule has 1 aliphatic carbocycles. The summed E-state index contributed by atoms with van der Waals surface area (Å²) in [6, 6.07) is 9.55. The first kappa shape index (κ1) is 20.0. The second kappa shape index (κ2) is 12.1. The third-order valence-corrected chi connectivity index (χ3v) is 4.28. The number of unbranched alkanes of at least 4 members (excludes halogenated alkanes) is 5. The average molecular weight is 353 g/mol. The van der Waals surface area contributed by atoms with Crippen LogP contribution in [0.15, 0.2) is 54.3 Å². The molecule has 2 amide bonds. The Balaban J connectivity index is 1.42. The van der Waals surface area contributed by atoms with Gasteiger partial charge in [-0.05, 0) is 43.9 Å². The lowest BCUT2D eigenvalue weighted by Crippen LogP contribution is -2.21. The van der Waals surface area contributed by atoms with Crippen molar-refractivity contribution in [1.29, 1.82) is 0 Å². The van der Waals surface area contributed by atoms with E-state index in [9.17, 15) is 9.59 Å². The second-order valence-corrected chi connectivity index (χ2v) is 6.57. The van der Waals surface area contributed by atoms with Crippen LogP contribution in [0.3, 0.4) is 0 Å². The number of hydrogen-bond donors (Lipinski definition) is 2. The molecule has 1 aromatic carbocycles. The fourth-order valence-electron chi connectivity index (χ4n) is 2.85. The predicted octanol–water partition coefficient (Wildman–Crippen LogP) is 4.91. The number of carbonyl (C=O) groups is 2. The molecule has 0 saturated carbocycles. The third kappa shape index (κ3) is 8.65. The molecule has 0 saturated heterocycles. The van der Waals surface area contributed by atoms with Crippen LogP contribution in [0.4, 0.5) is 5.69 Å². The second-order valence-electron chi connectivity index (χ2n) is 6.57. The van der Waals surface area contributed by atoms with Crippen LogP contribution in [-0.2, 0) is 9.59 Å². The summed E-state index contributed by atoms with van der Waals surface area (Å²) >= 11 is 0. The quantitative estimate of drug-likeness (QED) is 0.555. The zero-order chi connectivity index (χ0) is 18.5. The summed E-state index contributed by atoms with van der Waals surface area (Å²) in [5, 5.41) is 5.84. The lowest BCUT2D eigenvalue weighted by atomic mass is 10.1. The van der Waals surface area contributed by atoms with Crippen LogP contribution in [0.25, 0.3) is 0 Å². The summed E-state index contributed by atoms with van der Waals surface area (Å²) in [7, 11) is 0. The summed E-state index contributed by atoms with van der Waals surface area (Å²) in [5.41, 5.74) is 1.76. The van der Waals surface area contributed by atoms with Crippen molar-refractivity contribution in [2.75, 3.05) is 5.32 Å². The molecule has 2 N–H and O–H groups in total. The maximum Gasteiger partial charge on any atom is 0.224 e. The van der Waals surface area contributed by atoms with Crippen LogP contribution in [-0.4, -0.2) is 11.8 Å². The van der Waals surface area contributed by atoms with Crippen molar-refractivity contribution in [3.05, 3.63) is 60.7 Å². The molecule has 0 bridgehead atoms. The van der Waals surface area contributed by atoms with Crippen molar-refractivity contribution in [2.45, 2.75) is 57.8 Å². The largest absolute Gasteiger partial charge is 0.326 e. The van der Waals surface area contributed by atoms with Crippen LogP contribution in [0.5, 0.6) is 0 Å². The van der Waals surface area contributed by atoms with E-state index in [4.69, 9.17) is 0 Å². The van der Waals surface area contributed by atoms with Gasteiger partial charge in [-0.2, -0.15) is 0 Å². The highest BCUT2D eigenvalue weighted by Crippen LogP contribution is 2.11. The van der Waals surface area contributed by atoms with E-state index in [1.807, 2.05) is 48.6 Å². The highest BCUT2D eigenvalue weighted by molar-refractivity contribution is 5.90. The third-order valence-electron chi connectivity index (χ3n) is 4.28. The van der Waals surface area contributed by atoms with E-state index in [2.05, 4.69) is 17.1 Å². The minimum atomic E-state index is 0.0801. The molecule has 0 spiro atoms. The summed E-state index contributed by atoms with van der Waals surface area (Å²) in [6.07, 6.45) is 16.2. The maximum atomic E-state index is 11.8. The number of nitrogens with one attached hydrogen (secondary N) is 2. The summed E-state index contributed by atoms with van der Waals surface area (Å²) in [5.74, 6) is 0.178. The van der Waals surface area contributed by atoms with Crippen molar-refractivity contribution in [3.63, 3.8) is 0 Å². The molecule has 0 aromatic heterocycles. The van der Waals surface area contributed by atoms with Crippen molar-refractivity contribution in [1.82, 2.24) is 5.32 Å². The summed E-state index contributed by atoms with van der Waals surface area (Å²) in [4.78, 5) is 23.7. The molecule has 2 rings (SSSR count). The van der Waals surface area contributed by atoms with Crippen LogP contribution >= 0.6 is 0 Å².